The van der Waals surface area contributed by atoms with Crippen LogP contribution in [0, 0.1) is 0 Å². The number of dihydropyridines is 1. The highest BCUT2D eigenvalue weighted by Gasteiger charge is 2.35. The van der Waals surface area contributed by atoms with Crippen molar-refractivity contribution in [3.63, 3.8) is 0 Å². The number of nitrogens with zero attached hydrogens (tertiary/aromatic N) is 2. The van der Waals surface area contributed by atoms with Crippen LogP contribution in [0.4, 0.5) is 0 Å². The number of hydrogen-bond acceptors (Lipinski definition) is 3. The third-order valence-corrected chi connectivity index (χ3v) is 3.87. The Morgan fingerprint density at radius 2 is 2.25 bits per heavy atom. The molecule has 0 fully saturated rings. The molecule has 2 aliphatic rings. The van der Waals surface area contributed by atoms with Crippen LogP contribution in [0.25, 0.3) is 0 Å². The Morgan fingerprint density at radius 1 is 1.50 bits per heavy atom. The third-order valence-electron chi connectivity index (χ3n) is 3.48. The fraction of sp³-hybridized carbons (Fsp3) is 0.600. The molecule has 0 N–H and O–H groups in total. The first kappa shape index (κ1) is 15.3. The predicted octanol–water partition coefficient (Wildman–Crippen LogP) is 2.88. The summed E-state index contributed by atoms with van der Waals surface area (Å²) in [6.45, 7) is 6.49. The quantitative estimate of drug-likeness (QED) is 0.591. The molecule has 0 bridgehead atoms. The molecule has 0 aliphatic carbocycles. The summed E-state index contributed by atoms with van der Waals surface area (Å²) in [6.07, 6.45) is 6.49. The number of hydrogen-bond donors (Lipinski definition) is 0. The average molecular weight is 297 g/mol. The summed E-state index contributed by atoms with van der Waals surface area (Å²) in [6, 6.07) is 0. The van der Waals surface area contributed by atoms with Crippen LogP contribution in [-0.4, -0.2) is 40.8 Å². The first-order valence-corrected chi connectivity index (χ1v) is 7.53. The Labute approximate surface area is 125 Å². The van der Waals surface area contributed by atoms with E-state index in [4.69, 9.17) is 16.3 Å². The molecule has 2 aliphatic heterocycles. The minimum Gasteiger partial charge on any atom is -0.368 e. The van der Waals surface area contributed by atoms with Crippen LogP contribution in [0.2, 0.25) is 0 Å². The number of rotatable bonds is 4. The molecule has 5 heteroatoms. The average Bonchev–Trinajstić information content (AvgIpc) is 2.41. The van der Waals surface area contributed by atoms with Crippen molar-refractivity contribution in [3.8, 4) is 0 Å². The lowest BCUT2D eigenvalue weighted by atomic mass is 9.97. The molecule has 0 spiro atoms. The van der Waals surface area contributed by atoms with Gasteiger partial charge in [0.2, 0.25) is 5.91 Å². The fourth-order valence-electron chi connectivity index (χ4n) is 2.45. The molecule has 0 aromatic carbocycles. The first-order valence-electron chi connectivity index (χ1n) is 7.09. The molecule has 0 aromatic rings. The molecular weight excluding hydrogens is 276 g/mol. The van der Waals surface area contributed by atoms with E-state index in [1.54, 1.807) is 11.1 Å². The summed E-state index contributed by atoms with van der Waals surface area (Å²) in [5.41, 5.74) is 1.82. The minimum absolute atomic E-state index is 0.0784. The van der Waals surface area contributed by atoms with Crippen molar-refractivity contribution in [2.75, 3.05) is 6.61 Å². The highest BCUT2D eigenvalue weighted by Crippen LogP contribution is 2.31. The van der Waals surface area contributed by atoms with Gasteiger partial charge in [0.1, 0.15) is 6.10 Å². The number of carbonyl (C=O) groups excluding carboxylic acids is 1. The van der Waals surface area contributed by atoms with Gasteiger partial charge in [0.25, 0.3) is 0 Å². The van der Waals surface area contributed by atoms with E-state index in [1.807, 2.05) is 32.9 Å². The highest BCUT2D eigenvalue weighted by atomic mass is 35.5. The predicted molar refractivity (Wildman–Crippen MR) is 80.9 cm³/mol. The standard InChI is InChI=1S/C15H21ClN2O2/c1-4-6-14(19)18-8-7-12(16)11-9-13(20-5-2)10(3)17-15(11)18/h7-9,12-13,15H,4-6H2,1-3H3. The molecule has 3 atom stereocenters. The second-order valence-electron chi connectivity index (χ2n) is 4.98. The minimum atomic E-state index is -0.307. The highest BCUT2D eigenvalue weighted by molar-refractivity contribution is 6.24. The Bertz CT molecular complexity index is 470. The lowest BCUT2D eigenvalue weighted by Gasteiger charge is -2.37. The van der Waals surface area contributed by atoms with E-state index in [0.717, 1.165) is 17.7 Å². The van der Waals surface area contributed by atoms with Gasteiger partial charge in [-0.05, 0) is 38.0 Å². The van der Waals surface area contributed by atoms with Gasteiger partial charge in [0, 0.05) is 24.9 Å². The summed E-state index contributed by atoms with van der Waals surface area (Å²) in [7, 11) is 0. The number of fused-ring (bicyclic) bond motifs is 1. The van der Waals surface area contributed by atoms with Gasteiger partial charge in [-0.25, -0.2) is 0 Å². The second kappa shape index (κ2) is 6.55. The second-order valence-corrected chi connectivity index (χ2v) is 5.45. The molecule has 0 aromatic heterocycles. The summed E-state index contributed by atoms with van der Waals surface area (Å²) in [4.78, 5) is 18.5. The number of allylic oxidation sites excluding steroid dienone is 1. The fourth-order valence-corrected chi connectivity index (χ4v) is 2.70. The molecule has 2 heterocycles. The Kier molecular flexibility index (Phi) is 5.00. The van der Waals surface area contributed by atoms with Gasteiger partial charge in [0.05, 0.1) is 5.38 Å². The van der Waals surface area contributed by atoms with Crippen LogP contribution >= 0.6 is 11.6 Å². The summed E-state index contributed by atoms with van der Waals surface area (Å²) < 4.78 is 5.64. The van der Waals surface area contributed by atoms with Gasteiger partial charge in [0.15, 0.2) is 6.17 Å². The van der Waals surface area contributed by atoms with Gasteiger partial charge in [-0.3, -0.25) is 14.7 Å². The van der Waals surface area contributed by atoms with Crippen LogP contribution in [0.3, 0.4) is 0 Å². The van der Waals surface area contributed by atoms with E-state index >= 15 is 0 Å². The van der Waals surface area contributed by atoms with Crippen LogP contribution in [0.5, 0.6) is 0 Å². The van der Waals surface area contributed by atoms with E-state index in [-0.39, 0.29) is 23.6 Å². The van der Waals surface area contributed by atoms with Crippen molar-refractivity contribution in [2.45, 2.75) is 51.3 Å². The van der Waals surface area contributed by atoms with Gasteiger partial charge in [-0.2, -0.15) is 0 Å². The molecule has 0 radical (unpaired) electrons. The van der Waals surface area contributed by atoms with Crippen LogP contribution in [0.15, 0.2) is 28.9 Å². The van der Waals surface area contributed by atoms with E-state index in [0.29, 0.717) is 13.0 Å². The van der Waals surface area contributed by atoms with Crippen molar-refractivity contribution in [3.05, 3.63) is 23.9 Å². The first-order chi connectivity index (χ1) is 9.58. The van der Waals surface area contributed by atoms with Crippen molar-refractivity contribution in [1.29, 1.82) is 0 Å². The number of ether oxygens (including phenoxy) is 1. The van der Waals surface area contributed by atoms with Gasteiger partial charge < -0.3 is 4.74 Å². The largest absolute Gasteiger partial charge is 0.368 e. The molecule has 0 saturated heterocycles. The molecule has 20 heavy (non-hydrogen) atoms. The van der Waals surface area contributed by atoms with E-state index in [2.05, 4.69) is 4.99 Å². The molecule has 0 saturated carbocycles. The van der Waals surface area contributed by atoms with Crippen molar-refractivity contribution in [2.24, 2.45) is 4.99 Å². The molecule has 110 valence electrons. The maximum absolute atomic E-state index is 12.2. The van der Waals surface area contributed by atoms with Crippen LogP contribution in [-0.2, 0) is 9.53 Å². The summed E-state index contributed by atoms with van der Waals surface area (Å²) in [5.74, 6) is 0.0784. The topological polar surface area (TPSA) is 41.9 Å². The van der Waals surface area contributed by atoms with Gasteiger partial charge in [-0.15, -0.1) is 11.6 Å². The molecule has 3 unspecified atom stereocenters. The summed E-state index contributed by atoms with van der Waals surface area (Å²) >= 11 is 6.33. The van der Waals surface area contributed by atoms with E-state index in [1.165, 1.54) is 0 Å². The Morgan fingerprint density at radius 3 is 2.90 bits per heavy atom. The Hall–Kier alpha value is -1.13. The lowest BCUT2D eigenvalue weighted by molar-refractivity contribution is -0.130. The van der Waals surface area contributed by atoms with Crippen LogP contribution in [0.1, 0.15) is 33.6 Å². The third kappa shape index (κ3) is 2.96. The van der Waals surface area contributed by atoms with Crippen molar-refractivity contribution < 1.29 is 9.53 Å². The molecule has 4 nitrogen and oxygen atoms in total. The maximum atomic E-state index is 12.2. The molecule has 2 rings (SSSR count). The number of aliphatic imine (C=N–C) groups is 1. The molecular formula is C15H21ClN2O2. The number of halogens is 1. The Balaban J connectivity index is 2.29. The van der Waals surface area contributed by atoms with Gasteiger partial charge in [-0.1, -0.05) is 6.92 Å². The normalized spacial score (nSPS) is 28.8. The van der Waals surface area contributed by atoms with Crippen molar-refractivity contribution in [1.82, 2.24) is 4.90 Å². The number of amides is 1. The lowest BCUT2D eigenvalue weighted by Crippen LogP contribution is -2.44. The zero-order valence-corrected chi connectivity index (χ0v) is 12.9. The smallest absolute Gasteiger partial charge is 0.228 e. The zero-order chi connectivity index (χ0) is 14.7. The monoisotopic (exact) mass is 296 g/mol. The number of carbonyl (C=O) groups is 1. The molecule has 1 amide bonds. The van der Waals surface area contributed by atoms with E-state index < -0.39 is 0 Å². The maximum Gasteiger partial charge on any atom is 0.228 e. The van der Waals surface area contributed by atoms with E-state index in [9.17, 15) is 4.79 Å². The SMILES string of the molecule is CCCC(=O)N1C=CC(Cl)C2=CC(OCC)C(C)=NC21. The van der Waals surface area contributed by atoms with Crippen molar-refractivity contribution >= 4 is 23.2 Å². The number of alkyl halides is 1. The van der Waals surface area contributed by atoms with Gasteiger partial charge >= 0.3 is 0 Å². The summed E-state index contributed by atoms with van der Waals surface area (Å²) in [5, 5.41) is -0.231. The van der Waals surface area contributed by atoms with Crippen LogP contribution < -0.4 is 0 Å². The zero-order valence-electron chi connectivity index (χ0n) is 12.2.